The Morgan fingerprint density at radius 1 is 0.911 bits per heavy atom. The van der Waals surface area contributed by atoms with E-state index >= 15 is 0 Å². The number of halogens is 2. The van der Waals surface area contributed by atoms with Crippen molar-refractivity contribution in [2.45, 2.75) is 66.3 Å². The predicted molar refractivity (Wildman–Crippen MR) is 163 cm³/mol. The normalized spacial score (nSPS) is 13.1. The van der Waals surface area contributed by atoms with E-state index in [0.717, 1.165) is 23.3 Å². The number of benzene rings is 3. The van der Waals surface area contributed by atoms with Crippen molar-refractivity contribution in [1.82, 2.24) is 14.9 Å². The Balaban J connectivity index is 1.44. The van der Waals surface area contributed by atoms with Gasteiger partial charge in [0, 0.05) is 24.0 Å². The van der Waals surface area contributed by atoms with Crippen LogP contribution in [0, 0.1) is 17.0 Å². The molecule has 1 aromatic heterocycles. The minimum atomic E-state index is -1.24. The molecular weight excluding hydrogens is 582 g/mol. The summed E-state index contributed by atoms with van der Waals surface area (Å²) in [4.78, 5) is 49.2. The van der Waals surface area contributed by atoms with E-state index in [2.05, 4.69) is 9.97 Å². The summed E-state index contributed by atoms with van der Waals surface area (Å²) in [5.41, 5.74) is 7.35. The number of fused-ring (bicyclic) bond motifs is 2. The number of nitrogens with two attached hydrogens (primary N) is 1. The molecule has 11 heteroatoms. The van der Waals surface area contributed by atoms with Gasteiger partial charge in [-0.15, -0.1) is 0 Å². The second-order valence-electron chi connectivity index (χ2n) is 12.7. The van der Waals surface area contributed by atoms with Gasteiger partial charge in [-0.2, -0.15) is 0 Å². The van der Waals surface area contributed by atoms with Crippen molar-refractivity contribution in [2.24, 2.45) is 5.41 Å². The smallest absolute Gasteiger partial charge is 0.312 e. The van der Waals surface area contributed by atoms with Gasteiger partial charge in [0.1, 0.15) is 17.9 Å². The molecule has 45 heavy (non-hydrogen) atoms. The van der Waals surface area contributed by atoms with Crippen LogP contribution < -0.4 is 5.73 Å². The molecule has 2 heterocycles. The van der Waals surface area contributed by atoms with E-state index in [1.807, 2.05) is 24.3 Å². The molecule has 0 unspecified atom stereocenters. The van der Waals surface area contributed by atoms with Gasteiger partial charge in [0.25, 0.3) is 5.91 Å². The minimum Gasteiger partial charge on any atom is -0.460 e. The molecule has 0 fully saturated rings. The van der Waals surface area contributed by atoms with Crippen molar-refractivity contribution in [3.8, 4) is 11.1 Å². The van der Waals surface area contributed by atoms with Crippen molar-refractivity contribution >= 4 is 34.7 Å². The van der Waals surface area contributed by atoms with Gasteiger partial charge < -0.3 is 20.1 Å². The van der Waals surface area contributed by atoms with Crippen LogP contribution in [0.5, 0.6) is 0 Å². The maximum atomic E-state index is 14.6. The predicted octanol–water partition coefficient (Wildman–Crippen LogP) is 6.11. The van der Waals surface area contributed by atoms with E-state index in [4.69, 9.17) is 15.2 Å². The minimum absolute atomic E-state index is 0.0756. The highest BCUT2D eigenvalue weighted by Crippen LogP contribution is 2.33. The monoisotopic (exact) mass is 616 g/mol. The van der Waals surface area contributed by atoms with Crippen LogP contribution in [0.15, 0.2) is 54.6 Å². The fraction of sp³-hybridized carbons (Fsp3) is 0.324. The third-order valence-corrected chi connectivity index (χ3v) is 7.42. The third-order valence-electron chi connectivity index (χ3n) is 7.42. The number of nitrogen functional groups attached to an aromatic ring is 1. The van der Waals surface area contributed by atoms with Gasteiger partial charge >= 0.3 is 11.9 Å². The number of esters is 2. The van der Waals surface area contributed by atoms with Gasteiger partial charge in [-0.1, -0.05) is 30.3 Å². The lowest BCUT2D eigenvalue weighted by molar-refractivity contribution is -0.166. The van der Waals surface area contributed by atoms with Crippen LogP contribution in [0.4, 0.5) is 14.7 Å². The van der Waals surface area contributed by atoms with Gasteiger partial charge in [-0.05, 0) is 81.1 Å². The van der Waals surface area contributed by atoms with Gasteiger partial charge in [0.15, 0.2) is 11.6 Å². The van der Waals surface area contributed by atoms with Crippen LogP contribution in [-0.2, 0) is 38.8 Å². The number of hydrogen-bond donors (Lipinski definition) is 1. The van der Waals surface area contributed by atoms with Gasteiger partial charge in [0.05, 0.1) is 17.4 Å². The average molecular weight is 617 g/mol. The topological polar surface area (TPSA) is 125 Å². The molecule has 9 nitrogen and oxygen atoms in total. The Morgan fingerprint density at radius 3 is 2.20 bits per heavy atom. The number of hydrogen-bond acceptors (Lipinski definition) is 8. The molecule has 0 saturated heterocycles. The van der Waals surface area contributed by atoms with E-state index < -0.39 is 41.2 Å². The van der Waals surface area contributed by atoms with Crippen LogP contribution in [-0.4, -0.2) is 38.3 Å². The van der Waals surface area contributed by atoms with Crippen LogP contribution in [0.3, 0.4) is 0 Å². The maximum Gasteiger partial charge on any atom is 0.312 e. The lowest BCUT2D eigenvalue weighted by Gasteiger charge is -2.25. The zero-order chi connectivity index (χ0) is 32.7. The Labute approximate surface area is 259 Å². The number of carbonyl (C=O) groups is 3. The Kier molecular flexibility index (Phi) is 8.31. The fourth-order valence-electron chi connectivity index (χ4n) is 5.23. The summed E-state index contributed by atoms with van der Waals surface area (Å²) in [5, 5.41) is 0.369. The molecule has 0 atom stereocenters. The SMILES string of the molecule is CC(C)(C)OC(=O)CC(C)(C)C(=O)OCc1cc(F)c(F)cc1-c1ccc2nc(N)nc(C(=O)N3Cc4ccccc4C3)c2c1. The summed E-state index contributed by atoms with van der Waals surface area (Å²) in [5.74, 6) is -3.95. The quantitative estimate of drug-likeness (QED) is 0.247. The first-order valence-corrected chi connectivity index (χ1v) is 14.4. The Bertz CT molecular complexity index is 1810. The first kappa shape index (κ1) is 31.5. The van der Waals surface area contributed by atoms with E-state index in [9.17, 15) is 23.2 Å². The lowest BCUT2D eigenvalue weighted by atomic mass is 9.89. The number of nitrogens with zero attached hydrogens (tertiary/aromatic N) is 3. The standard InChI is InChI=1S/C34H34F2N4O5/c1-33(2,3)45-28(41)15-34(4,5)31(43)44-18-22-13-25(35)26(36)14-23(22)19-10-11-27-24(12-19)29(39-32(37)38-27)30(42)40-16-20-8-6-7-9-21(20)17-40/h6-14H,15-18H2,1-5H3,(H2,37,38,39). The molecule has 1 aliphatic rings. The van der Waals surface area contributed by atoms with Crippen LogP contribution in [0.1, 0.15) is 68.2 Å². The largest absolute Gasteiger partial charge is 0.460 e. The van der Waals surface area contributed by atoms with E-state index in [-0.39, 0.29) is 35.1 Å². The molecule has 1 aliphatic heterocycles. The van der Waals surface area contributed by atoms with E-state index in [0.29, 0.717) is 29.6 Å². The highest BCUT2D eigenvalue weighted by atomic mass is 19.2. The Hall–Kier alpha value is -4.93. The fourth-order valence-corrected chi connectivity index (χ4v) is 5.23. The van der Waals surface area contributed by atoms with Crippen LogP contribution >= 0.6 is 0 Å². The van der Waals surface area contributed by atoms with Crippen molar-refractivity contribution in [3.63, 3.8) is 0 Å². The summed E-state index contributed by atoms with van der Waals surface area (Å²) in [6.45, 7) is 8.65. The summed E-state index contributed by atoms with van der Waals surface area (Å²) >= 11 is 0. The van der Waals surface area contributed by atoms with E-state index in [1.54, 1.807) is 43.9 Å². The van der Waals surface area contributed by atoms with Gasteiger partial charge in [0.2, 0.25) is 5.95 Å². The van der Waals surface area contributed by atoms with Gasteiger partial charge in [-0.3, -0.25) is 14.4 Å². The number of ether oxygens (including phenoxy) is 2. The van der Waals surface area contributed by atoms with Crippen molar-refractivity contribution in [3.05, 3.63) is 88.6 Å². The molecule has 0 spiro atoms. The number of anilines is 1. The van der Waals surface area contributed by atoms with Crippen LogP contribution in [0.25, 0.3) is 22.0 Å². The molecule has 234 valence electrons. The van der Waals surface area contributed by atoms with Crippen molar-refractivity contribution in [1.29, 1.82) is 0 Å². The number of aromatic nitrogens is 2. The molecule has 0 saturated carbocycles. The zero-order valence-corrected chi connectivity index (χ0v) is 25.7. The highest BCUT2D eigenvalue weighted by molar-refractivity contribution is 6.06. The van der Waals surface area contributed by atoms with E-state index in [1.165, 1.54) is 13.8 Å². The summed E-state index contributed by atoms with van der Waals surface area (Å²) in [6, 6.07) is 14.5. The number of carbonyl (C=O) groups excluding carboxylic acids is 3. The first-order chi connectivity index (χ1) is 21.1. The third kappa shape index (κ3) is 6.92. The second kappa shape index (κ2) is 11.9. The molecule has 0 radical (unpaired) electrons. The number of amides is 1. The van der Waals surface area contributed by atoms with Crippen molar-refractivity contribution < 1.29 is 32.6 Å². The number of rotatable bonds is 7. The molecular formula is C34H34F2N4O5. The first-order valence-electron chi connectivity index (χ1n) is 14.4. The maximum absolute atomic E-state index is 14.6. The molecule has 5 rings (SSSR count). The molecule has 2 N–H and O–H groups in total. The summed E-state index contributed by atoms with van der Waals surface area (Å²) in [6.07, 6.45) is -0.236. The molecule has 0 aliphatic carbocycles. The highest BCUT2D eigenvalue weighted by Gasteiger charge is 2.34. The molecule has 3 aromatic carbocycles. The van der Waals surface area contributed by atoms with Crippen molar-refractivity contribution in [2.75, 3.05) is 5.73 Å². The molecule has 4 aromatic rings. The second-order valence-corrected chi connectivity index (χ2v) is 12.7. The Morgan fingerprint density at radius 2 is 1.56 bits per heavy atom. The van der Waals surface area contributed by atoms with Gasteiger partial charge in [-0.25, -0.2) is 18.7 Å². The lowest BCUT2D eigenvalue weighted by Crippen LogP contribution is -2.33. The molecule has 1 amide bonds. The van der Waals surface area contributed by atoms with Crippen LogP contribution in [0.2, 0.25) is 0 Å². The summed E-state index contributed by atoms with van der Waals surface area (Å²) in [7, 11) is 0. The zero-order valence-electron chi connectivity index (χ0n) is 25.7. The summed E-state index contributed by atoms with van der Waals surface area (Å²) < 4.78 is 39.9. The average Bonchev–Trinajstić information content (AvgIpc) is 3.39. The molecule has 0 bridgehead atoms.